The van der Waals surface area contributed by atoms with Gasteiger partial charge >= 0.3 is 0 Å². The van der Waals surface area contributed by atoms with Crippen molar-refractivity contribution < 1.29 is 9.47 Å². The Morgan fingerprint density at radius 2 is 1.70 bits per heavy atom. The Balaban J connectivity index is 1.54. The van der Waals surface area contributed by atoms with Crippen molar-refractivity contribution in [2.75, 3.05) is 13.2 Å². The first-order valence-corrected chi connectivity index (χ1v) is 12.4. The molecule has 172 valence electrons. The van der Waals surface area contributed by atoms with E-state index in [1.54, 1.807) is 0 Å². The summed E-state index contributed by atoms with van der Waals surface area (Å²) in [6.07, 6.45) is 7.31. The number of rotatable bonds is 11. The first-order valence-electron chi connectivity index (χ1n) is 11.6. The molecule has 0 unspecified atom stereocenters. The normalized spacial score (nSPS) is 11.9. The number of ether oxygens (including phenoxy) is 2. The molecule has 6 nitrogen and oxygen atoms in total. The summed E-state index contributed by atoms with van der Waals surface area (Å²) >= 11 is 1.33. The van der Waals surface area contributed by atoms with Gasteiger partial charge < -0.3 is 9.47 Å². The largest absolute Gasteiger partial charge is 0.494 e. The number of para-hydroxylation sites is 1. The molecule has 0 aliphatic heterocycles. The summed E-state index contributed by atoms with van der Waals surface area (Å²) in [6.45, 7) is 5.68. The van der Waals surface area contributed by atoms with Gasteiger partial charge in [-0.2, -0.15) is 9.50 Å². The van der Waals surface area contributed by atoms with E-state index < -0.39 is 0 Å². The van der Waals surface area contributed by atoms with Gasteiger partial charge in [-0.15, -0.1) is 5.10 Å². The number of hydrogen-bond acceptors (Lipinski definition) is 6. The van der Waals surface area contributed by atoms with Crippen LogP contribution in [0.5, 0.6) is 11.5 Å². The van der Waals surface area contributed by atoms with Crippen LogP contribution in [0.3, 0.4) is 0 Å². The van der Waals surface area contributed by atoms with Gasteiger partial charge in [-0.25, -0.2) is 0 Å². The van der Waals surface area contributed by atoms with Crippen LogP contribution in [-0.2, 0) is 0 Å². The van der Waals surface area contributed by atoms with Crippen LogP contribution in [0.1, 0.15) is 51.5 Å². The highest BCUT2D eigenvalue weighted by Crippen LogP contribution is 2.22. The smallest absolute Gasteiger partial charge is 0.291 e. The van der Waals surface area contributed by atoms with E-state index in [0.717, 1.165) is 48.5 Å². The Morgan fingerprint density at radius 1 is 0.939 bits per heavy atom. The van der Waals surface area contributed by atoms with Crippen LogP contribution in [0.15, 0.2) is 53.3 Å². The highest BCUT2D eigenvalue weighted by molar-refractivity contribution is 7.15. The molecule has 0 N–H and O–H groups in total. The predicted molar refractivity (Wildman–Crippen MR) is 133 cm³/mol. The molecule has 0 atom stereocenters. The van der Waals surface area contributed by atoms with Crippen LogP contribution in [0.4, 0.5) is 0 Å². The molecule has 0 aliphatic rings. The van der Waals surface area contributed by atoms with Gasteiger partial charge in [0.2, 0.25) is 4.96 Å². The molecular weight excluding hydrogens is 434 g/mol. The second-order valence-electron chi connectivity index (χ2n) is 7.87. The van der Waals surface area contributed by atoms with Crippen molar-refractivity contribution in [1.82, 2.24) is 14.6 Å². The molecule has 0 saturated heterocycles. The first-order chi connectivity index (χ1) is 16.2. The highest BCUT2D eigenvalue weighted by Gasteiger charge is 2.13. The summed E-state index contributed by atoms with van der Waals surface area (Å²) in [6, 6.07) is 15.5. The fourth-order valence-corrected chi connectivity index (χ4v) is 4.30. The van der Waals surface area contributed by atoms with Crippen molar-refractivity contribution in [1.29, 1.82) is 0 Å². The lowest BCUT2D eigenvalue weighted by Crippen LogP contribution is -2.23. The fourth-order valence-electron chi connectivity index (χ4n) is 3.40. The van der Waals surface area contributed by atoms with Gasteiger partial charge in [0.1, 0.15) is 11.5 Å². The Kier molecular flexibility index (Phi) is 7.73. The van der Waals surface area contributed by atoms with Gasteiger partial charge in [-0.3, -0.25) is 4.79 Å². The van der Waals surface area contributed by atoms with E-state index in [0.29, 0.717) is 21.9 Å². The Bertz CT molecular complexity index is 1290. The second kappa shape index (κ2) is 11.1. The molecule has 7 heteroatoms. The zero-order valence-electron chi connectivity index (χ0n) is 19.1. The molecule has 0 radical (unpaired) electrons. The standard InChI is InChI=1S/C26H29N3O3S/c1-3-5-9-17-31-21-14-12-19(13-15-21)24-27-26-29(28-24)25(30)23(33-26)18-20-10-7-8-11-22(20)32-16-6-4-2/h7-8,10-15,18H,3-6,9,16-17H2,1-2H3/b23-18+. The lowest BCUT2D eigenvalue weighted by atomic mass is 10.2. The van der Waals surface area contributed by atoms with E-state index in [4.69, 9.17) is 9.47 Å². The van der Waals surface area contributed by atoms with Gasteiger partial charge in [0, 0.05) is 11.1 Å². The van der Waals surface area contributed by atoms with Crippen LogP contribution in [-0.4, -0.2) is 27.8 Å². The molecule has 0 fully saturated rings. The van der Waals surface area contributed by atoms with Crippen molar-refractivity contribution in [2.45, 2.75) is 46.0 Å². The number of nitrogens with zero attached hydrogens (tertiary/aromatic N) is 3. The summed E-state index contributed by atoms with van der Waals surface area (Å²) in [5, 5.41) is 4.46. The molecule has 2 aromatic heterocycles. The maximum Gasteiger partial charge on any atom is 0.291 e. The third kappa shape index (κ3) is 5.60. The van der Waals surface area contributed by atoms with Crippen molar-refractivity contribution >= 4 is 22.4 Å². The maximum absolute atomic E-state index is 13.0. The van der Waals surface area contributed by atoms with Crippen LogP contribution >= 0.6 is 11.3 Å². The zero-order valence-corrected chi connectivity index (χ0v) is 19.9. The molecule has 4 rings (SSSR count). The molecule has 4 aromatic rings. The minimum Gasteiger partial charge on any atom is -0.494 e. The molecule has 0 bridgehead atoms. The van der Waals surface area contributed by atoms with Crippen molar-refractivity contribution in [3.8, 4) is 22.9 Å². The number of thiazole rings is 1. The first kappa shape index (κ1) is 23.0. The number of unbranched alkanes of at least 4 members (excludes halogenated alkanes) is 3. The maximum atomic E-state index is 13.0. The average Bonchev–Trinajstić information content (AvgIpc) is 3.38. The number of benzene rings is 2. The lowest BCUT2D eigenvalue weighted by Gasteiger charge is -2.07. The van der Waals surface area contributed by atoms with E-state index in [2.05, 4.69) is 23.9 Å². The second-order valence-corrected chi connectivity index (χ2v) is 8.87. The van der Waals surface area contributed by atoms with Crippen LogP contribution in [0.2, 0.25) is 0 Å². The van der Waals surface area contributed by atoms with E-state index in [1.165, 1.54) is 28.7 Å². The third-order valence-electron chi connectivity index (χ3n) is 5.27. The van der Waals surface area contributed by atoms with Gasteiger partial charge in [0.05, 0.1) is 17.7 Å². The lowest BCUT2D eigenvalue weighted by molar-refractivity contribution is 0.306. The Morgan fingerprint density at radius 3 is 2.45 bits per heavy atom. The van der Waals surface area contributed by atoms with Crippen molar-refractivity contribution in [3.63, 3.8) is 0 Å². The molecule has 2 aromatic carbocycles. The van der Waals surface area contributed by atoms with Crippen LogP contribution in [0, 0.1) is 0 Å². The molecule has 0 aliphatic carbocycles. The monoisotopic (exact) mass is 463 g/mol. The molecule has 0 amide bonds. The fraction of sp³-hybridized carbons (Fsp3) is 0.346. The summed E-state index contributed by atoms with van der Waals surface area (Å²) < 4.78 is 13.6. The van der Waals surface area contributed by atoms with E-state index in [1.807, 2.05) is 54.6 Å². The van der Waals surface area contributed by atoms with E-state index in [-0.39, 0.29) is 5.56 Å². The SMILES string of the molecule is CCCCCOc1ccc(-c2nc3s/c(=C/c4ccccc4OCCCC)c(=O)n3n2)cc1. The quantitative estimate of drug-likeness (QED) is 0.289. The highest BCUT2D eigenvalue weighted by atomic mass is 32.1. The van der Waals surface area contributed by atoms with Gasteiger partial charge in [0.15, 0.2) is 5.82 Å². The van der Waals surface area contributed by atoms with E-state index in [9.17, 15) is 4.79 Å². The predicted octanol–water partition coefficient (Wildman–Crippen LogP) is 5.11. The topological polar surface area (TPSA) is 65.7 Å². The molecular formula is C26H29N3O3S. The average molecular weight is 464 g/mol. The molecule has 2 heterocycles. The molecule has 0 saturated carbocycles. The van der Waals surface area contributed by atoms with Crippen molar-refractivity contribution in [2.24, 2.45) is 0 Å². The summed E-state index contributed by atoms with van der Waals surface area (Å²) in [4.78, 5) is 18.1. The Labute approximate surface area is 197 Å². The Hall–Kier alpha value is -3.19. The summed E-state index contributed by atoms with van der Waals surface area (Å²) in [5.41, 5.74) is 1.56. The summed E-state index contributed by atoms with van der Waals surface area (Å²) in [5.74, 6) is 2.14. The molecule has 0 spiro atoms. The van der Waals surface area contributed by atoms with Gasteiger partial charge in [-0.05, 0) is 49.2 Å². The number of hydrogen-bond donors (Lipinski definition) is 0. The van der Waals surface area contributed by atoms with Crippen LogP contribution < -0.4 is 19.6 Å². The third-order valence-corrected chi connectivity index (χ3v) is 6.23. The number of fused-ring (bicyclic) bond motifs is 1. The van der Waals surface area contributed by atoms with Gasteiger partial charge in [0.25, 0.3) is 5.56 Å². The molecule has 33 heavy (non-hydrogen) atoms. The van der Waals surface area contributed by atoms with Gasteiger partial charge in [-0.1, -0.05) is 62.6 Å². The van der Waals surface area contributed by atoms with Crippen molar-refractivity contribution in [3.05, 3.63) is 69.0 Å². The minimum absolute atomic E-state index is 0.173. The number of aromatic nitrogens is 3. The van der Waals surface area contributed by atoms with E-state index >= 15 is 0 Å². The summed E-state index contributed by atoms with van der Waals surface area (Å²) in [7, 11) is 0. The zero-order chi connectivity index (χ0) is 23.0. The van der Waals surface area contributed by atoms with Crippen LogP contribution in [0.25, 0.3) is 22.4 Å². The minimum atomic E-state index is -0.173.